The molecule has 2 heterocycles. The quantitative estimate of drug-likeness (QED) is 0.226. The molecule has 41 heavy (non-hydrogen) atoms. The van der Waals surface area contributed by atoms with Crippen molar-refractivity contribution in [2.24, 2.45) is 7.05 Å². The maximum absolute atomic E-state index is 11.9. The molecule has 0 unspecified atom stereocenters. The molecule has 10 heteroatoms. The number of urea groups is 1. The van der Waals surface area contributed by atoms with Gasteiger partial charge in [0.05, 0.1) is 18.8 Å². The number of rotatable bonds is 10. The Labute approximate surface area is 244 Å². The molecule has 4 aromatic rings. The van der Waals surface area contributed by atoms with Gasteiger partial charge in [-0.15, -0.1) is 10.2 Å². The smallest absolute Gasteiger partial charge is 0.315 e. The molecule has 3 aromatic carbocycles. The molecule has 1 aromatic heterocycles. The minimum Gasteiger partial charge on any atom is -0.392 e. The van der Waals surface area contributed by atoms with Crippen LogP contribution in [0.4, 0.5) is 4.79 Å². The lowest BCUT2D eigenvalue weighted by Crippen LogP contribution is -2.34. The maximum Gasteiger partial charge on any atom is 0.315 e. The van der Waals surface area contributed by atoms with Gasteiger partial charge in [0, 0.05) is 37.9 Å². The molecule has 9 nitrogen and oxygen atoms in total. The van der Waals surface area contributed by atoms with Crippen LogP contribution in [0.2, 0.25) is 0 Å². The van der Waals surface area contributed by atoms with Gasteiger partial charge in [0.1, 0.15) is 6.33 Å². The van der Waals surface area contributed by atoms with E-state index < -0.39 is 6.29 Å². The summed E-state index contributed by atoms with van der Waals surface area (Å²) in [5.41, 5.74) is 5.98. The SMILES string of the molecule is CCNC(=O)NCc1ccccc1-c1ccc([C@@H]2O[C@H](CSc3nncn3C)C[C@H](c3ccc(CO)cc3)O2)cc1. The molecule has 0 saturated carbocycles. The fraction of sp³-hybridized carbons (Fsp3) is 0.323. The fourth-order valence-electron chi connectivity index (χ4n) is 4.77. The molecule has 1 aliphatic rings. The molecule has 0 spiro atoms. The predicted octanol–water partition coefficient (Wildman–Crippen LogP) is 5.13. The van der Waals surface area contributed by atoms with Gasteiger partial charge in [0.15, 0.2) is 11.4 Å². The van der Waals surface area contributed by atoms with E-state index in [1.165, 1.54) is 0 Å². The first-order valence-electron chi connectivity index (χ1n) is 13.7. The Kier molecular flexibility index (Phi) is 9.68. The average molecular weight is 574 g/mol. The lowest BCUT2D eigenvalue weighted by atomic mass is 9.98. The number of hydrogen-bond donors (Lipinski definition) is 3. The van der Waals surface area contributed by atoms with Crippen LogP contribution in [0.25, 0.3) is 11.1 Å². The Morgan fingerprint density at radius 1 is 1.02 bits per heavy atom. The Bertz CT molecular complexity index is 1430. The van der Waals surface area contributed by atoms with Crippen molar-refractivity contribution < 1.29 is 19.4 Å². The van der Waals surface area contributed by atoms with E-state index in [2.05, 4.69) is 39.0 Å². The summed E-state index contributed by atoms with van der Waals surface area (Å²) in [4.78, 5) is 11.9. The number of nitrogens with one attached hydrogen (secondary N) is 2. The normalized spacial score (nSPS) is 18.7. The zero-order valence-electron chi connectivity index (χ0n) is 23.2. The molecular weight excluding hydrogens is 538 g/mol. The first kappa shape index (κ1) is 28.8. The summed E-state index contributed by atoms with van der Waals surface area (Å²) >= 11 is 1.61. The summed E-state index contributed by atoms with van der Waals surface area (Å²) in [6.45, 7) is 2.91. The number of aryl methyl sites for hydroxylation is 1. The van der Waals surface area contributed by atoms with E-state index in [1.54, 1.807) is 18.1 Å². The number of ether oxygens (including phenoxy) is 2. The topological polar surface area (TPSA) is 111 Å². The zero-order chi connectivity index (χ0) is 28.6. The van der Waals surface area contributed by atoms with Crippen molar-refractivity contribution >= 4 is 17.8 Å². The number of aliphatic hydroxyl groups excluding tert-OH is 1. The molecule has 3 N–H and O–H groups in total. The minimum atomic E-state index is -0.542. The molecule has 0 aliphatic carbocycles. The molecule has 2 amide bonds. The van der Waals surface area contributed by atoms with Crippen LogP contribution < -0.4 is 10.6 Å². The Hall–Kier alpha value is -3.70. The molecule has 1 saturated heterocycles. The number of carbonyl (C=O) groups excluding carboxylic acids is 1. The average Bonchev–Trinajstić information content (AvgIpc) is 3.43. The van der Waals surface area contributed by atoms with Gasteiger partial charge in [-0.25, -0.2) is 4.79 Å². The van der Waals surface area contributed by atoms with E-state index >= 15 is 0 Å². The van der Waals surface area contributed by atoms with Gasteiger partial charge >= 0.3 is 6.03 Å². The van der Waals surface area contributed by atoms with Crippen molar-refractivity contribution in [3.8, 4) is 11.1 Å². The summed E-state index contributed by atoms with van der Waals surface area (Å²) in [5, 5.41) is 24.1. The highest BCUT2D eigenvalue weighted by atomic mass is 32.2. The number of benzene rings is 3. The molecule has 3 atom stereocenters. The van der Waals surface area contributed by atoms with Crippen molar-refractivity contribution in [1.29, 1.82) is 0 Å². The number of thioether (sulfide) groups is 1. The van der Waals surface area contributed by atoms with Gasteiger partial charge in [0.2, 0.25) is 0 Å². The highest BCUT2D eigenvalue weighted by molar-refractivity contribution is 7.99. The van der Waals surface area contributed by atoms with Crippen LogP contribution in [-0.2, 0) is 29.7 Å². The van der Waals surface area contributed by atoms with Crippen molar-refractivity contribution in [3.63, 3.8) is 0 Å². The van der Waals surface area contributed by atoms with Crippen LogP contribution in [0, 0.1) is 0 Å². The first-order valence-corrected chi connectivity index (χ1v) is 14.7. The highest BCUT2D eigenvalue weighted by Gasteiger charge is 2.32. The summed E-state index contributed by atoms with van der Waals surface area (Å²) in [6.07, 6.45) is 1.62. The molecule has 0 radical (unpaired) electrons. The van der Waals surface area contributed by atoms with Crippen molar-refractivity contribution in [2.75, 3.05) is 12.3 Å². The number of aromatic nitrogens is 3. The lowest BCUT2D eigenvalue weighted by Gasteiger charge is -2.36. The number of aliphatic hydroxyl groups is 1. The van der Waals surface area contributed by atoms with Crippen LogP contribution in [0.3, 0.4) is 0 Å². The summed E-state index contributed by atoms with van der Waals surface area (Å²) < 4.78 is 14.9. The van der Waals surface area contributed by atoms with Crippen molar-refractivity contribution in [2.45, 2.75) is 50.2 Å². The number of amides is 2. The molecular formula is C31H35N5O4S. The van der Waals surface area contributed by atoms with Crippen LogP contribution >= 0.6 is 11.8 Å². The van der Waals surface area contributed by atoms with Crippen LogP contribution in [-0.4, -0.2) is 44.3 Å². The summed E-state index contributed by atoms with van der Waals surface area (Å²) in [7, 11) is 1.93. The predicted molar refractivity (Wildman–Crippen MR) is 158 cm³/mol. The lowest BCUT2D eigenvalue weighted by molar-refractivity contribution is -0.245. The van der Waals surface area contributed by atoms with Gasteiger partial charge in [-0.3, -0.25) is 0 Å². The van der Waals surface area contributed by atoms with E-state index in [0.29, 0.717) is 25.3 Å². The van der Waals surface area contributed by atoms with Gasteiger partial charge < -0.3 is 29.8 Å². The van der Waals surface area contributed by atoms with Crippen LogP contribution in [0.5, 0.6) is 0 Å². The van der Waals surface area contributed by atoms with E-state index in [4.69, 9.17) is 9.47 Å². The van der Waals surface area contributed by atoms with Crippen LogP contribution in [0.1, 0.15) is 48.0 Å². The third kappa shape index (κ3) is 7.34. The summed E-state index contributed by atoms with van der Waals surface area (Å²) in [6, 6.07) is 24.0. The molecule has 0 bridgehead atoms. The number of carbonyl (C=O) groups is 1. The number of nitrogens with zero attached hydrogens (tertiary/aromatic N) is 3. The fourth-order valence-corrected chi connectivity index (χ4v) is 5.67. The second kappa shape index (κ2) is 13.8. The third-order valence-electron chi connectivity index (χ3n) is 6.97. The molecule has 214 valence electrons. The number of hydrogen-bond acceptors (Lipinski definition) is 7. The molecule has 1 fully saturated rings. The maximum atomic E-state index is 11.9. The van der Waals surface area contributed by atoms with Gasteiger partial charge in [0.25, 0.3) is 0 Å². The van der Waals surface area contributed by atoms with E-state index in [0.717, 1.165) is 38.5 Å². The largest absolute Gasteiger partial charge is 0.392 e. The third-order valence-corrected chi connectivity index (χ3v) is 8.14. The zero-order valence-corrected chi connectivity index (χ0v) is 24.0. The van der Waals surface area contributed by atoms with Gasteiger partial charge in [-0.2, -0.15) is 0 Å². The van der Waals surface area contributed by atoms with Crippen LogP contribution in [0.15, 0.2) is 84.3 Å². The Balaban J connectivity index is 1.34. The monoisotopic (exact) mass is 573 g/mol. The van der Waals surface area contributed by atoms with Gasteiger partial charge in [-0.05, 0) is 34.7 Å². The highest BCUT2D eigenvalue weighted by Crippen LogP contribution is 2.39. The van der Waals surface area contributed by atoms with E-state index in [-0.39, 0.29) is 24.8 Å². The van der Waals surface area contributed by atoms with Crippen molar-refractivity contribution in [3.05, 3.63) is 101 Å². The Morgan fingerprint density at radius 3 is 2.49 bits per heavy atom. The standard InChI is InChI=1S/C31H35N5O4S/c1-3-32-30(38)33-17-25-6-4-5-7-27(25)22-12-14-24(15-13-22)29-39-26(19-41-31-35-34-20-36(31)2)16-28(40-29)23-10-8-21(18-37)9-11-23/h4-15,20,26,28-29,37H,3,16-19H2,1-2H3,(H2,32,33,38)/t26-,28+,29+/m0/s1. The van der Waals surface area contributed by atoms with Crippen molar-refractivity contribution in [1.82, 2.24) is 25.4 Å². The summed E-state index contributed by atoms with van der Waals surface area (Å²) in [5.74, 6) is 0.710. The van der Waals surface area contributed by atoms with E-state index in [9.17, 15) is 9.90 Å². The first-order chi connectivity index (χ1) is 20.0. The minimum absolute atomic E-state index is 0.00593. The van der Waals surface area contributed by atoms with E-state index in [1.807, 2.05) is 73.1 Å². The Morgan fingerprint density at radius 2 is 1.78 bits per heavy atom. The second-order valence-electron chi connectivity index (χ2n) is 9.88. The molecule has 1 aliphatic heterocycles. The van der Waals surface area contributed by atoms with Gasteiger partial charge in [-0.1, -0.05) is 84.6 Å². The molecule has 5 rings (SSSR count). The second-order valence-corrected chi connectivity index (χ2v) is 10.9.